The molecule has 96 valence electrons. The van der Waals surface area contributed by atoms with Gasteiger partial charge in [-0.25, -0.2) is 0 Å². The van der Waals surface area contributed by atoms with E-state index in [2.05, 4.69) is 54.7 Å². The average molecular weight is 463 g/mol. The summed E-state index contributed by atoms with van der Waals surface area (Å²) in [7, 11) is 0. The molecule has 0 aromatic carbocycles. The van der Waals surface area contributed by atoms with E-state index < -0.39 is 0 Å². The first-order chi connectivity index (χ1) is 8.24. The van der Waals surface area contributed by atoms with Crippen molar-refractivity contribution in [2.24, 2.45) is 0 Å². The van der Waals surface area contributed by atoms with Gasteiger partial charge in [0.2, 0.25) is 0 Å². The Labute approximate surface area is 135 Å². The minimum absolute atomic E-state index is 0.859. The van der Waals surface area contributed by atoms with Crippen LogP contribution >= 0.6 is 23.5 Å². The molecule has 0 saturated carbocycles. The van der Waals surface area contributed by atoms with E-state index in [0.29, 0.717) is 0 Å². The molecular weight excluding hydrogens is 445 g/mol. The van der Waals surface area contributed by atoms with Gasteiger partial charge in [-0.2, -0.15) is 0 Å². The molecule has 2 aliphatic heterocycles. The maximum atomic E-state index is 3.28. The molecule has 0 N–H and O–H groups in total. The van der Waals surface area contributed by atoms with Crippen molar-refractivity contribution in [3.05, 3.63) is 0 Å². The minimum atomic E-state index is 0.859. The van der Waals surface area contributed by atoms with E-state index in [1.54, 1.807) is 8.83 Å². The molecule has 0 radical (unpaired) electrons. The molecule has 2 rings (SSSR count). The number of thioether (sulfide) groups is 2. The van der Waals surface area contributed by atoms with Gasteiger partial charge in [-0.05, 0) is 0 Å². The molecule has 5 heteroatoms. The molecule has 2 unspecified atom stereocenters. The summed E-state index contributed by atoms with van der Waals surface area (Å²) in [6.45, 7) is 0. The SMILES string of the molecule is [Se]=C(CC[Se]CCC(=[Se])CC1CS1)CC1CS1. The topological polar surface area (TPSA) is 0 Å². The Hall–Kier alpha value is 2.00. The first kappa shape index (κ1) is 15.4. The van der Waals surface area contributed by atoms with Gasteiger partial charge in [0.05, 0.1) is 0 Å². The van der Waals surface area contributed by atoms with Crippen molar-refractivity contribution in [2.45, 2.75) is 46.8 Å². The van der Waals surface area contributed by atoms with Crippen molar-refractivity contribution >= 4 is 78.5 Å². The van der Waals surface area contributed by atoms with Crippen molar-refractivity contribution in [2.75, 3.05) is 11.5 Å². The van der Waals surface area contributed by atoms with E-state index in [1.807, 2.05) is 0 Å². The zero-order chi connectivity index (χ0) is 12.1. The van der Waals surface area contributed by atoms with Crippen LogP contribution in [0.15, 0.2) is 0 Å². The molecule has 2 aliphatic rings. The Morgan fingerprint density at radius 3 is 1.71 bits per heavy atom. The standard InChI is InChI=1S/C12H18S2Se3/c15-11(5-9-7-13-9)1-3-17-4-2-12(16)6-10-8-14-10/h9-10H,1-8H2. The van der Waals surface area contributed by atoms with Crippen LogP contribution in [0.3, 0.4) is 0 Å². The predicted octanol–water partition coefficient (Wildman–Crippen LogP) is 2.00. The summed E-state index contributed by atoms with van der Waals surface area (Å²) in [5, 5.41) is 4.83. The molecular formula is C12H18S2Se3. The van der Waals surface area contributed by atoms with Crippen LogP contribution in [-0.2, 0) is 0 Å². The Bertz CT molecular complexity index is 257. The van der Waals surface area contributed by atoms with E-state index in [0.717, 1.165) is 25.5 Å². The molecule has 2 fully saturated rings. The Morgan fingerprint density at radius 2 is 1.35 bits per heavy atom. The first-order valence-corrected chi connectivity index (χ1v) is 12.3. The third-order valence-electron chi connectivity index (χ3n) is 2.77. The number of hydrogen-bond acceptors (Lipinski definition) is 2. The van der Waals surface area contributed by atoms with Crippen LogP contribution in [-0.4, -0.2) is 76.9 Å². The van der Waals surface area contributed by atoms with Crippen molar-refractivity contribution in [3.63, 3.8) is 0 Å². The summed E-state index contributed by atoms with van der Waals surface area (Å²) in [4.78, 5) is 0. The van der Waals surface area contributed by atoms with E-state index in [9.17, 15) is 0 Å². The van der Waals surface area contributed by atoms with Crippen LogP contribution in [0.4, 0.5) is 0 Å². The zero-order valence-electron chi connectivity index (χ0n) is 9.85. The van der Waals surface area contributed by atoms with Gasteiger partial charge >= 0.3 is 137 Å². The summed E-state index contributed by atoms with van der Waals surface area (Å²) in [5.74, 6) is 2.80. The molecule has 0 aromatic heterocycles. The van der Waals surface area contributed by atoms with Crippen LogP contribution in [0.5, 0.6) is 0 Å². The average Bonchev–Trinajstić information content (AvgIpc) is 3.13. The Kier molecular flexibility index (Phi) is 7.53. The predicted molar refractivity (Wildman–Crippen MR) is 87.9 cm³/mol. The molecule has 2 heterocycles. The first-order valence-electron chi connectivity index (χ1n) is 6.08. The molecule has 17 heavy (non-hydrogen) atoms. The van der Waals surface area contributed by atoms with Gasteiger partial charge in [-0.3, -0.25) is 0 Å². The van der Waals surface area contributed by atoms with Gasteiger partial charge in [0.15, 0.2) is 0 Å². The number of rotatable bonds is 10. The summed E-state index contributed by atoms with van der Waals surface area (Å²) < 4.78 is 3.26. The summed E-state index contributed by atoms with van der Waals surface area (Å²) >= 11 is 11.6. The van der Waals surface area contributed by atoms with E-state index in [1.165, 1.54) is 47.8 Å². The quantitative estimate of drug-likeness (QED) is 0.276. The second-order valence-electron chi connectivity index (χ2n) is 4.51. The van der Waals surface area contributed by atoms with Gasteiger partial charge in [0, 0.05) is 0 Å². The van der Waals surface area contributed by atoms with Crippen LogP contribution in [0.2, 0.25) is 10.6 Å². The number of hydrogen-bond donors (Lipinski definition) is 0. The molecule has 0 amide bonds. The maximum absolute atomic E-state index is 3.28. The third kappa shape index (κ3) is 8.00. The fourth-order valence-electron chi connectivity index (χ4n) is 1.56. The van der Waals surface area contributed by atoms with E-state index in [-0.39, 0.29) is 0 Å². The van der Waals surface area contributed by atoms with Crippen molar-refractivity contribution in [3.8, 4) is 0 Å². The molecule has 0 bridgehead atoms. The summed E-state index contributed by atoms with van der Waals surface area (Å²) in [6, 6.07) is 0. The molecule has 2 atom stereocenters. The molecule has 0 nitrogen and oxygen atoms in total. The van der Waals surface area contributed by atoms with Crippen LogP contribution in [0.25, 0.3) is 0 Å². The van der Waals surface area contributed by atoms with Gasteiger partial charge in [-0.1, -0.05) is 0 Å². The summed E-state index contributed by atoms with van der Waals surface area (Å²) in [5.41, 5.74) is 0. The second kappa shape index (κ2) is 8.32. The third-order valence-corrected chi connectivity index (χ3v) is 8.33. The second-order valence-corrected chi connectivity index (χ2v) is 12.2. The van der Waals surface area contributed by atoms with Crippen LogP contribution in [0.1, 0.15) is 25.7 Å². The normalized spacial score (nSPS) is 25.6. The van der Waals surface area contributed by atoms with E-state index in [4.69, 9.17) is 0 Å². The van der Waals surface area contributed by atoms with Crippen molar-refractivity contribution in [1.29, 1.82) is 0 Å². The monoisotopic (exact) mass is 466 g/mol. The fourth-order valence-corrected chi connectivity index (χ4v) is 7.83. The van der Waals surface area contributed by atoms with Crippen molar-refractivity contribution in [1.82, 2.24) is 0 Å². The van der Waals surface area contributed by atoms with Gasteiger partial charge in [0.1, 0.15) is 0 Å². The zero-order valence-corrected chi connectivity index (χ0v) is 16.6. The van der Waals surface area contributed by atoms with Gasteiger partial charge in [0.25, 0.3) is 0 Å². The van der Waals surface area contributed by atoms with Gasteiger partial charge < -0.3 is 0 Å². The van der Waals surface area contributed by atoms with E-state index >= 15 is 0 Å². The van der Waals surface area contributed by atoms with Crippen molar-refractivity contribution < 1.29 is 0 Å². The Balaban J connectivity index is 1.39. The Morgan fingerprint density at radius 1 is 0.941 bits per heavy atom. The molecule has 2 saturated heterocycles. The summed E-state index contributed by atoms with van der Waals surface area (Å²) in [6.07, 6.45) is 5.38. The van der Waals surface area contributed by atoms with Crippen LogP contribution in [0, 0.1) is 0 Å². The molecule has 0 aliphatic carbocycles. The van der Waals surface area contributed by atoms with Gasteiger partial charge in [-0.15, -0.1) is 0 Å². The fraction of sp³-hybridized carbons (Fsp3) is 0.833. The molecule has 0 spiro atoms. The van der Waals surface area contributed by atoms with Crippen LogP contribution < -0.4 is 0 Å². The molecule has 0 aromatic rings.